The van der Waals surface area contributed by atoms with Crippen LogP contribution in [-0.2, 0) is 14.8 Å². The van der Waals surface area contributed by atoms with Gasteiger partial charge in [0, 0.05) is 6.42 Å². The topological polar surface area (TPSA) is 89.3 Å². The molecule has 0 aliphatic heterocycles. The summed E-state index contributed by atoms with van der Waals surface area (Å²) in [5.41, 5.74) is 0.738. The van der Waals surface area contributed by atoms with Crippen LogP contribution < -0.4 is 10.5 Å². The monoisotopic (exact) mass is 352 g/mol. The van der Waals surface area contributed by atoms with Crippen LogP contribution >= 0.6 is 0 Å². The lowest BCUT2D eigenvalue weighted by Gasteiger charge is -2.21. The maximum Gasteiger partial charge on any atom is 0.238 e. The number of benzene rings is 1. The lowest BCUT2D eigenvalue weighted by molar-refractivity contribution is -0.121. The zero-order valence-corrected chi connectivity index (χ0v) is 15.1. The summed E-state index contributed by atoms with van der Waals surface area (Å²) < 4.78 is 22.8. The fraction of sp³-hybridized carbons (Fsp3) is 0.611. The van der Waals surface area contributed by atoms with E-state index in [1.807, 2.05) is 6.92 Å². The summed E-state index contributed by atoms with van der Waals surface area (Å²) in [7, 11) is -3.73. The second-order valence-corrected chi connectivity index (χ2v) is 8.36. The lowest BCUT2D eigenvalue weighted by Crippen LogP contribution is -2.26. The Morgan fingerprint density at radius 1 is 1.29 bits per heavy atom. The summed E-state index contributed by atoms with van der Waals surface area (Å²) >= 11 is 0. The van der Waals surface area contributed by atoms with E-state index in [-0.39, 0.29) is 16.8 Å². The highest BCUT2D eigenvalue weighted by Crippen LogP contribution is 2.27. The smallest absolute Gasteiger partial charge is 0.238 e. The zero-order valence-electron chi connectivity index (χ0n) is 14.3. The molecule has 0 radical (unpaired) electrons. The molecule has 1 aromatic rings. The van der Waals surface area contributed by atoms with Crippen molar-refractivity contribution in [1.82, 2.24) is 5.32 Å². The first-order chi connectivity index (χ1) is 11.4. The molecule has 0 bridgehead atoms. The number of primary sulfonamides is 1. The molecule has 5 nitrogen and oxygen atoms in total. The summed E-state index contributed by atoms with van der Waals surface area (Å²) in [5.74, 6) is 0.801. The van der Waals surface area contributed by atoms with Gasteiger partial charge in [-0.25, -0.2) is 13.6 Å². The number of nitrogens with one attached hydrogen (secondary N) is 1. The van der Waals surface area contributed by atoms with Gasteiger partial charge in [0.2, 0.25) is 15.9 Å². The van der Waals surface area contributed by atoms with Crippen LogP contribution in [0.2, 0.25) is 0 Å². The first-order valence-corrected chi connectivity index (χ1v) is 10.3. The van der Waals surface area contributed by atoms with E-state index in [9.17, 15) is 13.2 Å². The summed E-state index contributed by atoms with van der Waals surface area (Å²) in [6.45, 7) is 1.85. The standard InChI is InChI=1S/C18H28N2O3S/c1-14(16-10-6-11-17(13-16)24(19,22)23)20-18(21)12-5-9-15-7-3-2-4-8-15/h6,10-11,13-15H,2-5,7-9,12H2,1H3,(H,20,21)(H2,19,22,23). The maximum atomic E-state index is 12.1. The minimum atomic E-state index is -3.73. The minimum Gasteiger partial charge on any atom is -0.350 e. The van der Waals surface area contributed by atoms with Crippen LogP contribution in [0.4, 0.5) is 0 Å². The van der Waals surface area contributed by atoms with E-state index in [0.717, 1.165) is 24.3 Å². The molecule has 134 valence electrons. The van der Waals surface area contributed by atoms with Gasteiger partial charge < -0.3 is 5.32 Å². The molecule has 1 fully saturated rings. The van der Waals surface area contributed by atoms with E-state index in [4.69, 9.17) is 5.14 Å². The third kappa shape index (κ3) is 5.91. The van der Waals surface area contributed by atoms with E-state index < -0.39 is 10.0 Å². The Hall–Kier alpha value is -1.40. The van der Waals surface area contributed by atoms with Crippen LogP contribution in [0.15, 0.2) is 29.2 Å². The number of carbonyl (C=O) groups excluding carboxylic acids is 1. The van der Waals surface area contributed by atoms with Crippen molar-refractivity contribution in [3.05, 3.63) is 29.8 Å². The predicted octanol–water partition coefficient (Wildman–Crippen LogP) is 3.26. The molecule has 6 heteroatoms. The zero-order chi connectivity index (χ0) is 17.6. The molecule has 1 aliphatic carbocycles. The summed E-state index contributed by atoms with van der Waals surface area (Å²) in [6, 6.07) is 6.16. The highest BCUT2D eigenvalue weighted by atomic mass is 32.2. The number of nitrogens with two attached hydrogens (primary N) is 1. The van der Waals surface area contributed by atoms with Crippen molar-refractivity contribution >= 4 is 15.9 Å². The molecule has 1 aliphatic rings. The van der Waals surface area contributed by atoms with Gasteiger partial charge in [0.1, 0.15) is 0 Å². The van der Waals surface area contributed by atoms with Gasteiger partial charge in [0.25, 0.3) is 0 Å². The van der Waals surface area contributed by atoms with Gasteiger partial charge in [-0.2, -0.15) is 0 Å². The van der Waals surface area contributed by atoms with Crippen molar-refractivity contribution in [2.45, 2.75) is 69.2 Å². The van der Waals surface area contributed by atoms with Gasteiger partial charge in [0.05, 0.1) is 10.9 Å². The van der Waals surface area contributed by atoms with Crippen molar-refractivity contribution < 1.29 is 13.2 Å². The molecule has 0 spiro atoms. The first-order valence-electron chi connectivity index (χ1n) is 8.78. The molecule has 0 saturated heterocycles. The number of carbonyl (C=O) groups is 1. The van der Waals surface area contributed by atoms with Gasteiger partial charge in [-0.1, -0.05) is 44.2 Å². The van der Waals surface area contributed by atoms with Crippen LogP contribution in [0.3, 0.4) is 0 Å². The van der Waals surface area contributed by atoms with Crippen molar-refractivity contribution in [3.8, 4) is 0 Å². The molecule has 1 saturated carbocycles. The average Bonchev–Trinajstić information content (AvgIpc) is 2.55. The van der Waals surface area contributed by atoms with Gasteiger partial charge in [-0.05, 0) is 43.4 Å². The second kappa shape index (κ2) is 8.62. The number of hydrogen-bond acceptors (Lipinski definition) is 3. The van der Waals surface area contributed by atoms with Crippen molar-refractivity contribution in [2.24, 2.45) is 11.1 Å². The summed E-state index contributed by atoms with van der Waals surface area (Å²) in [5, 5.41) is 8.09. The number of sulfonamides is 1. The molecule has 1 unspecified atom stereocenters. The fourth-order valence-corrected chi connectivity index (χ4v) is 3.95. The van der Waals surface area contributed by atoms with E-state index in [1.54, 1.807) is 12.1 Å². The molecule has 1 aromatic carbocycles. The highest BCUT2D eigenvalue weighted by Gasteiger charge is 2.15. The molecular weight excluding hydrogens is 324 g/mol. The Bertz CT molecular complexity index is 652. The Labute approximate surface area is 145 Å². The van der Waals surface area contributed by atoms with Crippen LogP contribution in [-0.4, -0.2) is 14.3 Å². The third-order valence-corrected chi connectivity index (χ3v) is 5.72. The molecule has 24 heavy (non-hydrogen) atoms. The quantitative estimate of drug-likeness (QED) is 0.789. The molecular formula is C18H28N2O3S. The van der Waals surface area contributed by atoms with Crippen molar-refractivity contribution in [2.75, 3.05) is 0 Å². The van der Waals surface area contributed by atoms with Crippen LogP contribution in [0.5, 0.6) is 0 Å². The lowest BCUT2D eigenvalue weighted by atomic mass is 9.86. The first kappa shape index (κ1) is 18.9. The van der Waals surface area contributed by atoms with E-state index in [0.29, 0.717) is 6.42 Å². The molecule has 0 aromatic heterocycles. The summed E-state index contributed by atoms with van der Waals surface area (Å²) in [4.78, 5) is 12.2. The number of amides is 1. The molecule has 3 N–H and O–H groups in total. The number of rotatable bonds is 7. The number of hydrogen-bond donors (Lipinski definition) is 2. The predicted molar refractivity (Wildman–Crippen MR) is 94.8 cm³/mol. The summed E-state index contributed by atoms with van der Waals surface area (Å²) in [6.07, 6.45) is 9.18. The van der Waals surface area contributed by atoms with Gasteiger partial charge >= 0.3 is 0 Å². The normalized spacial score (nSPS) is 17.4. The van der Waals surface area contributed by atoms with Crippen LogP contribution in [0.25, 0.3) is 0 Å². The third-order valence-electron chi connectivity index (χ3n) is 4.81. The van der Waals surface area contributed by atoms with Gasteiger partial charge in [0.15, 0.2) is 0 Å². The molecule has 1 atom stereocenters. The van der Waals surface area contributed by atoms with Crippen LogP contribution in [0, 0.1) is 5.92 Å². The Kier molecular flexibility index (Phi) is 6.80. The van der Waals surface area contributed by atoms with E-state index in [1.165, 1.54) is 44.2 Å². The Morgan fingerprint density at radius 2 is 2.00 bits per heavy atom. The van der Waals surface area contributed by atoms with E-state index in [2.05, 4.69) is 5.32 Å². The fourth-order valence-electron chi connectivity index (χ4n) is 3.38. The molecule has 0 heterocycles. The second-order valence-electron chi connectivity index (χ2n) is 6.80. The minimum absolute atomic E-state index is 0.0133. The Balaban J connectivity index is 1.80. The molecule has 1 amide bonds. The van der Waals surface area contributed by atoms with Crippen molar-refractivity contribution in [1.29, 1.82) is 0 Å². The van der Waals surface area contributed by atoms with Gasteiger partial charge in [-0.3, -0.25) is 4.79 Å². The average molecular weight is 353 g/mol. The van der Waals surface area contributed by atoms with Gasteiger partial charge in [-0.15, -0.1) is 0 Å². The largest absolute Gasteiger partial charge is 0.350 e. The molecule has 2 rings (SSSR count). The van der Waals surface area contributed by atoms with Crippen LogP contribution in [0.1, 0.15) is 69.9 Å². The van der Waals surface area contributed by atoms with Crippen molar-refractivity contribution in [3.63, 3.8) is 0 Å². The Morgan fingerprint density at radius 3 is 2.67 bits per heavy atom. The maximum absolute atomic E-state index is 12.1. The van der Waals surface area contributed by atoms with E-state index >= 15 is 0 Å². The SMILES string of the molecule is CC(NC(=O)CCCC1CCCCC1)c1cccc(S(N)(=O)=O)c1. The highest BCUT2D eigenvalue weighted by molar-refractivity contribution is 7.89.